The normalized spacial score (nSPS) is 13.8. The van der Waals surface area contributed by atoms with Gasteiger partial charge in [0.1, 0.15) is 0 Å². The lowest BCUT2D eigenvalue weighted by Crippen LogP contribution is -1.88. The first-order valence-corrected chi connectivity index (χ1v) is 4.80. The summed E-state index contributed by atoms with van der Waals surface area (Å²) in [5.74, 6) is 0.803. The second kappa shape index (κ2) is 7.02. The van der Waals surface area contributed by atoms with E-state index in [1.54, 1.807) is 0 Å². The number of halogens is 3. The highest BCUT2D eigenvalue weighted by Gasteiger charge is 1.99. The molecule has 11 heavy (non-hydrogen) atoms. The summed E-state index contributed by atoms with van der Waals surface area (Å²) in [5.41, 5.74) is 1.00. The van der Waals surface area contributed by atoms with E-state index in [4.69, 9.17) is 34.8 Å². The molecule has 3 heteroatoms. The summed E-state index contributed by atoms with van der Waals surface area (Å²) >= 11 is 17.0. The van der Waals surface area contributed by atoms with E-state index in [0.717, 1.165) is 12.0 Å². The first-order chi connectivity index (χ1) is 5.26. The van der Waals surface area contributed by atoms with Crippen LogP contribution in [0.3, 0.4) is 0 Å². The van der Waals surface area contributed by atoms with E-state index in [9.17, 15) is 0 Å². The van der Waals surface area contributed by atoms with Gasteiger partial charge in [0, 0.05) is 10.9 Å². The smallest absolute Gasteiger partial charge is 0.0581 e. The van der Waals surface area contributed by atoms with Crippen molar-refractivity contribution >= 4 is 34.8 Å². The molecule has 0 amide bonds. The minimum Gasteiger partial charge on any atom is -0.122 e. The molecule has 0 rings (SSSR count). The van der Waals surface area contributed by atoms with Crippen LogP contribution in [0.25, 0.3) is 0 Å². The van der Waals surface area contributed by atoms with Crippen LogP contribution in [0.15, 0.2) is 22.8 Å². The van der Waals surface area contributed by atoms with Gasteiger partial charge in [0.15, 0.2) is 0 Å². The predicted octanol–water partition coefficient (Wildman–Crippen LogP) is 3.92. The molecule has 0 spiro atoms. The zero-order chi connectivity index (χ0) is 8.69. The Labute approximate surface area is 82.8 Å². The van der Waals surface area contributed by atoms with Crippen molar-refractivity contribution in [2.24, 2.45) is 0 Å². The molecule has 0 aromatic carbocycles. The van der Waals surface area contributed by atoms with Crippen LogP contribution in [0.4, 0.5) is 0 Å². The van der Waals surface area contributed by atoms with Crippen molar-refractivity contribution in [2.45, 2.75) is 13.3 Å². The maximum Gasteiger partial charge on any atom is 0.0581 e. The third-order valence-corrected chi connectivity index (χ3v) is 2.39. The van der Waals surface area contributed by atoms with Crippen LogP contribution in [0, 0.1) is 0 Å². The van der Waals surface area contributed by atoms with Crippen molar-refractivity contribution < 1.29 is 0 Å². The Kier molecular flexibility index (Phi) is 7.25. The average molecular weight is 214 g/mol. The summed E-state index contributed by atoms with van der Waals surface area (Å²) in [6, 6.07) is 0. The van der Waals surface area contributed by atoms with Gasteiger partial charge in [-0.3, -0.25) is 0 Å². The van der Waals surface area contributed by atoms with Gasteiger partial charge in [0.25, 0.3) is 0 Å². The van der Waals surface area contributed by atoms with Crippen LogP contribution >= 0.6 is 34.8 Å². The van der Waals surface area contributed by atoms with E-state index in [1.807, 2.05) is 19.1 Å². The first-order valence-electron chi connectivity index (χ1n) is 3.35. The van der Waals surface area contributed by atoms with Crippen molar-refractivity contribution in [2.75, 3.05) is 11.8 Å². The van der Waals surface area contributed by atoms with Crippen LogP contribution in [0.1, 0.15) is 13.3 Å². The molecule has 0 saturated heterocycles. The maximum atomic E-state index is 5.80. The van der Waals surface area contributed by atoms with Gasteiger partial charge >= 0.3 is 0 Å². The maximum absolute atomic E-state index is 5.80. The molecule has 0 aliphatic carbocycles. The standard InChI is InChI=1S/C8H11Cl3/c1-2-3-4-7(5-9)8(11)6-10/h2-3H,4-6H2,1H3/b3-2-,8-7-. The minimum absolute atomic E-state index is 0.348. The van der Waals surface area contributed by atoms with Crippen LogP contribution in [-0.2, 0) is 0 Å². The van der Waals surface area contributed by atoms with E-state index >= 15 is 0 Å². The zero-order valence-electron chi connectivity index (χ0n) is 6.41. The van der Waals surface area contributed by atoms with E-state index in [0.29, 0.717) is 16.8 Å². The predicted molar refractivity (Wildman–Crippen MR) is 53.8 cm³/mol. The molecule has 0 bridgehead atoms. The van der Waals surface area contributed by atoms with Crippen molar-refractivity contribution in [3.8, 4) is 0 Å². The molecule has 0 radical (unpaired) electrons. The fraction of sp³-hybridized carbons (Fsp3) is 0.500. The number of allylic oxidation sites excluding steroid dienone is 4. The number of hydrogen-bond donors (Lipinski definition) is 0. The average Bonchev–Trinajstić information content (AvgIpc) is 2.05. The Bertz CT molecular complexity index is 159. The summed E-state index contributed by atoms with van der Waals surface area (Å²) in [6.07, 6.45) is 4.77. The monoisotopic (exact) mass is 212 g/mol. The fourth-order valence-electron chi connectivity index (χ4n) is 0.592. The quantitative estimate of drug-likeness (QED) is 0.490. The molecule has 0 heterocycles. The van der Waals surface area contributed by atoms with E-state index in [2.05, 4.69) is 0 Å². The van der Waals surface area contributed by atoms with Crippen molar-refractivity contribution in [1.29, 1.82) is 0 Å². The van der Waals surface area contributed by atoms with Gasteiger partial charge in [0.2, 0.25) is 0 Å². The molecule has 64 valence electrons. The Morgan fingerprint density at radius 2 is 1.91 bits per heavy atom. The lowest BCUT2D eigenvalue weighted by molar-refractivity contribution is 1.19. The lowest BCUT2D eigenvalue weighted by atomic mass is 10.2. The zero-order valence-corrected chi connectivity index (χ0v) is 8.68. The fourth-order valence-corrected chi connectivity index (χ4v) is 1.26. The molecule has 0 aromatic rings. The van der Waals surface area contributed by atoms with Crippen LogP contribution in [-0.4, -0.2) is 11.8 Å². The third kappa shape index (κ3) is 4.73. The molecule has 0 N–H and O–H groups in total. The van der Waals surface area contributed by atoms with E-state index in [1.165, 1.54) is 0 Å². The summed E-state index contributed by atoms with van der Waals surface area (Å²) in [6.45, 7) is 1.96. The molecule has 0 fully saturated rings. The van der Waals surface area contributed by atoms with Crippen molar-refractivity contribution in [1.82, 2.24) is 0 Å². The molecule has 0 aliphatic rings. The van der Waals surface area contributed by atoms with Gasteiger partial charge in [-0.2, -0.15) is 0 Å². The van der Waals surface area contributed by atoms with Gasteiger partial charge in [-0.1, -0.05) is 23.8 Å². The van der Waals surface area contributed by atoms with Crippen LogP contribution < -0.4 is 0 Å². The molecule has 0 saturated carbocycles. The molecule has 0 unspecified atom stereocenters. The highest BCUT2D eigenvalue weighted by atomic mass is 35.5. The summed E-state index contributed by atoms with van der Waals surface area (Å²) in [5, 5.41) is 0.666. The highest BCUT2D eigenvalue weighted by molar-refractivity contribution is 6.36. The van der Waals surface area contributed by atoms with Crippen LogP contribution in [0.2, 0.25) is 0 Å². The highest BCUT2D eigenvalue weighted by Crippen LogP contribution is 2.16. The Morgan fingerprint density at radius 3 is 2.27 bits per heavy atom. The summed E-state index contributed by atoms with van der Waals surface area (Å²) < 4.78 is 0. The van der Waals surface area contributed by atoms with Gasteiger partial charge < -0.3 is 0 Å². The summed E-state index contributed by atoms with van der Waals surface area (Å²) in [4.78, 5) is 0. The van der Waals surface area contributed by atoms with Crippen molar-refractivity contribution in [3.05, 3.63) is 22.8 Å². The molecule has 0 nitrogen and oxygen atoms in total. The number of rotatable bonds is 4. The van der Waals surface area contributed by atoms with Gasteiger partial charge in [-0.05, 0) is 18.9 Å². The molecular weight excluding hydrogens is 202 g/mol. The minimum atomic E-state index is 0.348. The van der Waals surface area contributed by atoms with Crippen LogP contribution in [0.5, 0.6) is 0 Å². The van der Waals surface area contributed by atoms with Gasteiger partial charge in [-0.25, -0.2) is 0 Å². The Morgan fingerprint density at radius 1 is 1.27 bits per heavy atom. The molecule has 0 atom stereocenters. The van der Waals surface area contributed by atoms with Gasteiger partial charge in [0.05, 0.1) is 5.88 Å². The van der Waals surface area contributed by atoms with Gasteiger partial charge in [-0.15, -0.1) is 23.2 Å². The number of alkyl halides is 2. The third-order valence-electron chi connectivity index (χ3n) is 1.26. The second-order valence-corrected chi connectivity index (χ2v) is 3.04. The molecule has 0 aromatic heterocycles. The second-order valence-electron chi connectivity index (χ2n) is 2.05. The lowest BCUT2D eigenvalue weighted by Gasteiger charge is -2.01. The Balaban J connectivity index is 4.14. The molecular formula is C8H11Cl3. The van der Waals surface area contributed by atoms with Crippen molar-refractivity contribution in [3.63, 3.8) is 0 Å². The molecule has 0 aliphatic heterocycles. The Hall–Kier alpha value is 0.350. The van der Waals surface area contributed by atoms with E-state index < -0.39 is 0 Å². The topological polar surface area (TPSA) is 0 Å². The largest absolute Gasteiger partial charge is 0.122 e. The SMILES string of the molecule is C/C=C\C/C(CCl)=C(/Cl)CCl. The van der Waals surface area contributed by atoms with E-state index in [-0.39, 0.29) is 0 Å². The number of hydrogen-bond acceptors (Lipinski definition) is 0. The summed E-state index contributed by atoms with van der Waals surface area (Å²) in [7, 11) is 0. The first kappa shape index (κ1) is 11.4.